The molecule has 2 N–H and O–H groups in total. The normalized spacial score (nSPS) is 28.4. The third-order valence-corrected chi connectivity index (χ3v) is 4.74. The molecule has 1 nitrogen and oxygen atoms in total. The molecular weight excluding hydrogens is 237 g/mol. The lowest BCUT2D eigenvalue weighted by molar-refractivity contribution is 0.113. The Morgan fingerprint density at radius 2 is 1.84 bits per heavy atom. The van der Waals surface area contributed by atoms with E-state index < -0.39 is 0 Å². The number of halogens is 1. The van der Waals surface area contributed by atoms with Crippen molar-refractivity contribution in [2.45, 2.75) is 52.5 Å². The second-order valence-corrected chi connectivity index (χ2v) is 6.98. The molecule has 3 atom stereocenters. The van der Waals surface area contributed by atoms with E-state index in [-0.39, 0.29) is 11.2 Å². The van der Waals surface area contributed by atoms with Gasteiger partial charge in [-0.2, -0.15) is 0 Å². The van der Waals surface area contributed by atoms with E-state index in [1.54, 1.807) is 12.1 Å². The van der Waals surface area contributed by atoms with Crippen LogP contribution in [-0.4, -0.2) is 6.04 Å². The van der Waals surface area contributed by atoms with Crippen molar-refractivity contribution in [3.8, 4) is 0 Å². The quantitative estimate of drug-likeness (QED) is 0.870. The summed E-state index contributed by atoms with van der Waals surface area (Å²) < 4.78 is 13.0. The molecule has 0 spiro atoms. The molecule has 1 fully saturated rings. The van der Waals surface area contributed by atoms with Gasteiger partial charge in [-0.05, 0) is 54.2 Å². The van der Waals surface area contributed by atoms with Crippen LogP contribution < -0.4 is 5.73 Å². The van der Waals surface area contributed by atoms with Gasteiger partial charge in [-0.1, -0.05) is 39.3 Å². The Balaban J connectivity index is 2.07. The standard InChI is InChI=1S/C17H26FN/c1-12-4-9-15(16(19)10-12)17(2,3)11-13-5-7-14(18)8-6-13/h5-8,12,15-16H,4,9-11,19H2,1-3H3. The first kappa shape index (κ1) is 14.5. The number of rotatable bonds is 3. The lowest BCUT2D eigenvalue weighted by atomic mass is 9.64. The van der Waals surface area contributed by atoms with Gasteiger partial charge in [0.05, 0.1) is 0 Å². The number of nitrogens with two attached hydrogens (primary N) is 1. The van der Waals surface area contributed by atoms with Crippen molar-refractivity contribution >= 4 is 0 Å². The van der Waals surface area contributed by atoms with E-state index in [2.05, 4.69) is 20.8 Å². The van der Waals surface area contributed by atoms with Crippen LogP contribution in [0.2, 0.25) is 0 Å². The molecule has 2 heteroatoms. The van der Waals surface area contributed by atoms with Gasteiger partial charge in [0.25, 0.3) is 0 Å². The average Bonchev–Trinajstić information content (AvgIpc) is 2.31. The van der Waals surface area contributed by atoms with E-state index in [1.165, 1.54) is 18.4 Å². The topological polar surface area (TPSA) is 26.0 Å². The lowest BCUT2D eigenvalue weighted by Crippen LogP contribution is -2.44. The Morgan fingerprint density at radius 1 is 1.21 bits per heavy atom. The largest absolute Gasteiger partial charge is 0.327 e. The molecule has 0 bridgehead atoms. The third kappa shape index (κ3) is 3.56. The molecule has 1 aromatic carbocycles. The van der Waals surface area contributed by atoms with Crippen LogP contribution in [0.4, 0.5) is 4.39 Å². The van der Waals surface area contributed by atoms with Crippen LogP contribution in [0.1, 0.15) is 45.6 Å². The third-order valence-electron chi connectivity index (χ3n) is 4.74. The fraction of sp³-hybridized carbons (Fsp3) is 0.647. The maximum Gasteiger partial charge on any atom is 0.123 e. The van der Waals surface area contributed by atoms with Crippen LogP contribution in [0.15, 0.2) is 24.3 Å². The Morgan fingerprint density at radius 3 is 2.42 bits per heavy atom. The summed E-state index contributed by atoms with van der Waals surface area (Å²) in [7, 11) is 0. The summed E-state index contributed by atoms with van der Waals surface area (Å²) in [6.45, 7) is 6.90. The SMILES string of the molecule is CC1CCC(C(C)(C)Cc2ccc(F)cc2)C(N)C1. The van der Waals surface area contributed by atoms with Gasteiger partial charge in [0.15, 0.2) is 0 Å². The minimum atomic E-state index is -0.162. The number of hydrogen-bond acceptors (Lipinski definition) is 1. The van der Waals surface area contributed by atoms with Crippen molar-refractivity contribution in [3.05, 3.63) is 35.6 Å². The van der Waals surface area contributed by atoms with Gasteiger partial charge in [0.2, 0.25) is 0 Å². The van der Waals surface area contributed by atoms with E-state index in [0.29, 0.717) is 12.0 Å². The van der Waals surface area contributed by atoms with Crippen LogP contribution in [-0.2, 0) is 6.42 Å². The summed E-state index contributed by atoms with van der Waals surface area (Å²) in [5.41, 5.74) is 7.76. The van der Waals surface area contributed by atoms with E-state index >= 15 is 0 Å². The zero-order chi connectivity index (χ0) is 14.0. The molecule has 106 valence electrons. The van der Waals surface area contributed by atoms with Crippen LogP contribution in [0.25, 0.3) is 0 Å². The molecule has 1 aliphatic rings. The molecule has 1 aromatic rings. The van der Waals surface area contributed by atoms with Crippen molar-refractivity contribution in [2.75, 3.05) is 0 Å². The van der Waals surface area contributed by atoms with E-state index in [0.717, 1.165) is 18.8 Å². The van der Waals surface area contributed by atoms with E-state index in [4.69, 9.17) is 5.73 Å². The van der Waals surface area contributed by atoms with Crippen LogP contribution in [0.3, 0.4) is 0 Å². The highest BCUT2D eigenvalue weighted by molar-refractivity contribution is 5.18. The van der Waals surface area contributed by atoms with Crippen molar-refractivity contribution in [2.24, 2.45) is 23.0 Å². The van der Waals surface area contributed by atoms with Crippen molar-refractivity contribution in [3.63, 3.8) is 0 Å². The number of hydrogen-bond donors (Lipinski definition) is 1. The Kier molecular flexibility index (Phi) is 4.29. The minimum Gasteiger partial charge on any atom is -0.327 e. The van der Waals surface area contributed by atoms with Gasteiger partial charge >= 0.3 is 0 Å². The Bertz CT molecular complexity index is 410. The summed E-state index contributed by atoms with van der Waals surface area (Å²) >= 11 is 0. The second-order valence-electron chi connectivity index (χ2n) is 6.98. The van der Waals surface area contributed by atoms with Gasteiger partial charge in [0.1, 0.15) is 5.82 Å². The molecule has 2 rings (SSSR count). The summed E-state index contributed by atoms with van der Waals surface area (Å²) in [5.74, 6) is 1.16. The van der Waals surface area contributed by atoms with Crippen LogP contribution >= 0.6 is 0 Å². The average molecular weight is 263 g/mol. The van der Waals surface area contributed by atoms with Crippen molar-refractivity contribution in [1.82, 2.24) is 0 Å². The molecule has 1 saturated carbocycles. The summed E-state index contributed by atoms with van der Waals surface area (Å²) in [5, 5.41) is 0. The minimum absolute atomic E-state index is 0.162. The Labute approximate surface area is 116 Å². The van der Waals surface area contributed by atoms with Gasteiger partial charge in [-0.25, -0.2) is 4.39 Å². The first-order valence-electron chi connectivity index (χ1n) is 7.38. The van der Waals surface area contributed by atoms with Crippen LogP contribution in [0, 0.1) is 23.1 Å². The molecule has 0 radical (unpaired) electrons. The molecule has 1 aliphatic carbocycles. The summed E-state index contributed by atoms with van der Waals surface area (Å²) in [6.07, 6.45) is 4.61. The summed E-state index contributed by atoms with van der Waals surface area (Å²) in [4.78, 5) is 0. The monoisotopic (exact) mass is 263 g/mol. The van der Waals surface area contributed by atoms with Crippen LogP contribution in [0.5, 0.6) is 0 Å². The van der Waals surface area contributed by atoms with Gasteiger partial charge in [0, 0.05) is 6.04 Å². The molecule has 0 aliphatic heterocycles. The maximum absolute atomic E-state index is 13.0. The zero-order valence-electron chi connectivity index (χ0n) is 12.3. The Hall–Kier alpha value is -0.890. The van der Waals surface area contributed by atoms with Crippen molar-refractivity contribution in [1.29, 1.82) is 0 Å². The molecule has 3 unspecified atom stereocenters. The molecule has 19 heavy (non-hydrogen) atoms. The highest BCUT2D eigenvalue weighted by atomic mass is 19.1. The number of benzene rings is 1. The molecular formula is C17H26FN. The molecule has 0 saturated heterocycles. The fourth-order valence-corrected chi connectivity index (χ4v) is 3.65. The van der Waals surface area contributed by atoms with Gasteiger partial charge in [-0.15, -0.1) is 0 Å². The zero-order valence-corrected chi connectivity index (χ0v) is 12.3. The summed E-state index contributed by atoms with van der Waals surface area (Å²) in [6, 6.07) is 7.20. The first-order valence-corrected chi connectivity index (χ1v) is 7.38. The highest BCUT2D eigenvalue weighted by Crippen LogP contribution is 2.41. The molecule has 0 amide bonds. The molecule has 0 aromatic heterocycles. The smallest absolute Gasteiger partial charge is 0.123 e. The van der Waals surface area contributed by atoms with E-state index in [9.17, 15) is 4.39 Å². The van der Waals surface area contributed by atoms with E-state index in [1.807, 2.05) is 12.1 Å². The van der Waals surface area contributed by atoms with Gasteiger partial charge < -0.3 is 5.73 Å². The predicted octanol–water partition coefficient (Wildman–Crippen LogP) is 4.16. The predicted molar refractivity (Wildman–Crippen MR) is 78.4 cm³/mol. The lowest BCUT2D eigenvalue weighted by Gasteiger charge is -2.43. The first-order chi connectivity index (χ1) is 8.88. The van der Waals surface area contributed by atoms with Crippen molar-refractivity contribution < 1.29 is 4.39 Å². The highest BCUT2D eigenvalue weighted by Gasteiger charge is 2.37. The maximum atomic E-state index is 13.0. The fourth-order valence-electron chi connectivity index (χ4n) is 3.65. The second kappa shape index (κ2) is 5.62. The molecule has 0 heterocycles. The van der Waals surface area contributed by atoms with Gasteiger partial charge in [-0.3, -0.25) is 0 Å².